The summed E-state index contributed by atoms with van der Waals surface area (Å²) in [5.41, 5.74) is 3.04. The predicted molar refractivity (Wildman–Crippen MR) is 109 cm³/mol. The van der Waals surface area contributed by atoms with Crippen LogP contribution in [-0.2, 0) is 6.42 Å². The van der Waals surface area contributed by atoms with Gasteiger partial charge in [-0.05, 0) is 53.8 Å². The Hall–Kier alpha value is -3.25. The fraction of sp³-hybridized carbons (Fsp3) is 0.0909. The summed E-state index contributed by atoms with van der Waals surface area (Å²) in [6.45, 7) is 0.457. The van der Waals surface area contributed by atoms with E-state index in [0.717, 1.165) is 21.8 Å². The number of para-hydroxylation sites is 1. The first kappa shape index (κ1) is 18.1. The van der Waals surface area contributed by atoms with Crippen molar-refractivity contribution in [2.45, 2.75) is 6.42 Å². The number of nitrogens with one attached hydrogen (secondary N) is 1. The summed E-state index contributed by atoms with van der Waals surface area (Å²) in [4.78, 5) is 13.8. The Morgan fingerprint density at radius 3 is 2.54 bits per heavy atom. The average Bonchev–Trinajstić information content (AvgIpc) is 3.40. The third-order valence-electron chi connectivity index (χ3n) is 4.33. The SMILES string of the molecule is O=C(NCCc1ccc(F)cc1)c1cc(-c2cccs2)nn1-c1ccccc1. The van der Waals surface area contributed by atoms with Crippen LogP contribution in [0.5, 0.6) is 0 Å². The first-order valence-electron chi connectivity index (χ1n) is 8.93. The monoisotopic (exact) mass is 391 g/mol. The molecule has 140 valence electrons. The Balaban J connectivity index is 1.55. The molecule has 0 radical (unpaired) electrons. The van der Waals surface area contributed by atoms with Gasteiger partial charge in [0.2, 0.25) is 0 Å². The Bertz CT molecular complexity index is 1060. The van der Waals surface area contributed by atoms with E-state index in [-0.39, 0.29) is 11.7 Å². The van der Waals surface area contributed by atoms with Gasteiger partial charge in [-0.3, -0.25) is 4.79 Å². The summed E-state index contributed by atoms with van der Waals surface area (Å²) in [5.74, 6) is -0.457. The van der Waals surface area contributed by atoms with E-state index in [4.69, 9.17) is 0 Å². The molecule has 2 aromatic carbocycles. The lowest BCUT2D eigenvalue weighted by Gasteiger charge is -2.08. The molecule has 0 fully saturated rings. The van der Waals surface area contributed by atoms with Crippen LogP contribution in [0.3, 0.4) is 0 Å². The first-order valence-corrected chi connectivity index (χ1v) is 9.81. The van der Waals surface area contributed by atoms with E-state index in [2.05, 4.69) is 10.4 Å². The van der Waals surface area contributed by atoms with Gasteiger partial charge in [-0.1, -0.05) is 36.4 Å². The van der Waals surface area contributed by atoms with Crippen molar-refractivity contribution < 1.29 is 9.18 Å². The highest BCUT2D eigenvalue weighted by Crippen LogP contribution is 2.25. The zero-order valence-corrected chi connectivity index (χ0v) is 15.8. The van der Waals surface area contributed by atoms with Crippen LogP contribution < -0.4 is 5.32 Å². The molecule has 0 aliphatic rings. The van der Waals surface area contributed by atoms with Crippen LogP contribution >= 0.6 is 11.3 Å². The minimum Gasteiger partial charge on any atom is -0.350 e. The smallest absolute Gasteiger partial charge is 0.270 e. The summed E-state index contributed by atoms with van der Waals surface area (Å²) in [6, 6.07) is 21.7. The fourth-order valence-corrected chi connectivity index (χ4v) is 3.60. The van der Waals surface area contributed by atoms with Crippen molar-refractivity contribution in [1.29, 1.82) is 0 Å². The Kier molecular flexibility index (Phi) is 5.30. The molecule has 6 heteroatoms. The lowest BCUT2D eigenvalue weighted by atomic mass is 10.1. The van der Waals surface area contributed by atoms with Crippen molar-refractivity contribution in [2.24, 2.45) is 0 Å². The normalized spacial score (nSPS) is 10.8. The second-order valence-corrected chi connectivity index (χ2v) is 7.22. The molecule has 0 aliphatic heterocycles. The number of benzene rings is 2. The molecule has 4 rings (SSSR count). The quantitative estimate of drug-likeness (QED) is 0.517. The van der Waals surface area contributed by atoms with Crippen LogP contribution in [0, 0.1) is 5.82 Å². The van der Waals surface area contributed by atoms with Gasteiger partial charge in [0.15, 0.2) is 0 Å². The Labute approximate surface area is 166 Å². The minimum absolute atomic E-state index is 0.193. The number of aromatic nitrogens is 2. The number of hydrogen-bond donors (Lipinski definition) is 1. The molecule has 0 saturated carbocycles. The van der Waals surface area contributed by atoms with Crippen LogP contribution in [0.2, 0.25) is 0 Å². The van der Waals surface area contributed by atoms with E-state index in [0.29, 0.717) is 18.7 Å². The van der Waals surface area contributed by atoms with Crippen molar-refractivity contribution in [2.75, 3.05) is 6.54 Å². The highest BCUT2D eigenvalue weighted by atomic mass is 32.1. The van der Waals surface area contributed by atoms with Crippen molar-refractivity contribution in [3.05, 3.63) is 95.3 Å². The highest BCUT2D eigenvalue weighted by molar-refractivity contribution is 7.13. The topological polar surface area (TPSA) is 46.9 Å². The molecule has 2 heterocycles. The Morgan fingerprint density at radius 2 is 1.82 bits per heavy atom. The van der Waals surface area contributed by atoms with Crippen LogP contribution in [0.25, 0.3) is 16.3 Å². The van der Waals surface area contributed by atoms with Crippen LogP contribution in [-0.4, -0.2) is 22.2 Å². The minimum atomic E-state index is -0.263. The zero-order chi connectivity index (χ0) is 19.3. The summed E-state index contributed by atoms with van der Waals surface area (Å²) >= 11 is 1.58. The van der Waals surface area contributed by atoms with E-state index >= 15 is 0 Å². The summed E-state index contributed by atoms with van der Waals surface area (Å²) in [6.07, 6.45) is 0.628. The lowest BCUT2D eigenvalue weighted by molar-refractivity contribution is 0.0946. The Morgan fingerprint density at radius 1 is 1.04 bits per heavy atom. The zero-order valence-electron chi connectivity index (χ0n) is 15.0. The molecule has 0 saturated heterocycles. The van der Waals surface area contributed by atoms with Crippen LogP contribution in [0.1, 0.15) is 16.1 Å². The van der Waals surface area contributed by atoms with E-state index < -0.39 is 0 Å². The molecule has 0 aliphatic carbocycles. The van der Waals surface area contributed by atoms with Crippen LogP contribution in [0.4, 0.5) is 4.39 Å². The summed E-state index contributed by atoms with van der Waals surface area (Å²) in [5, 5.41) is 9.57. The largest absolute Gasteiger partial charge is 0.350 e. The van der Waals surface area contributed by atoms with Gasteiger partial charge in [0.25, 0.3) is 5.91 Å². The number of thiophene rings is 1. The molecular formula is C22H18FN3OS. The van der Waals surface area contributed by atoms with Crippen molar-refractivity contribution in [3.8, 4) is 16.3 Å². The van der Waals surface area contributed by atoms with Gasteiger partial charge in [-0.15, -0.1) is 11.3 Å². The second kappa shape index (κ2) is 8.19. The number of amides is 1. The number of nitrogens with zero attached hydrogens (tertiary/aromatic N) is 2. The van der Waals surface area contributed by atoms with Gasteiger partial charge in [0, 0.05) is 6.54 Å². The third-order valence-corrected chi connectivity index (χ3v) is 5.22. The van der Waals surface area contributed by atoms with Gasteiger partial charge < -0.3 is 5.32 Å². The molecule has 1 N–H and O–H groups in total. The maximum Gasteiger partial charge on any atom is 0.270 e. The number of carbonyl (C=O) groups excluding carboxylic acids is 1. The number of halogens is 1. The standard InChI is InChI=1S/C22H18FN3OS/c23-17-10-8-16(9-11-17)12-13-24-22(27)20-15-19(21-7-4-14-28-21)25-26(20)18-5-2-1-3-6-18/h1-11,14-15H,12-13H2,(H,24,27). The van der Waals surface area contributed by atoms with E-state index in [1.165, 1.54) is 12.1 Å². The number of hydrogen-bond acceptors (Lipinski definition) is 3. The van der Waals surface area contributed by atoms with E-state index in [9.17, 15) is 9.18 Å². The predicted octanol–water partition coefficient (Wildman–Crippen LogP) is 4.71. The van der Waals surface area contributed by atoms with Gasteiger partial charge in [0.1, 0.15) is 17.2 Å². The van der Waals surface area contributed by atoms with Gasteiger partial charge >= 0.3 is 0 Å². The lowest BCUT2D eigenvalue weighted by Crippen LogP contribution is -2.27. The second-order valence-electron chi connectivity index (χ2n) is 6.27. The van der Waals surface area contributed by atoms with Gasteiger partial charge in [0.05, 0.1) is 10.6 Å². The molecule has 4 nitrogen and oxygen atoms in total. The molecule has 0 unspecified atom stereocenters. The highest BCUT2D eigenvalue weighted by Gasteiger charge is 2.17. The van der Waals surface area contributed by atoms with Crippen molar-refractivity contribution >= 4 is 17.2 Å². The third kappa shape index (κ3) is 4.02. The molecule has 0 bridgehead atoms. The van der Waals surface area contributed by atoms with E-state index in [1.807, 2.05) is 53.9 Å². The maximum absolute atomic E-state index is 13.0. The van der Waals surface area contributed by atoms with E-state index in [1.54, 1.807) is 28.2 Å². The maximum atomic E-state index is 13.0. The molecule has 0 spiro atoms. The van der Waals surface area contributed by atoms with Gasteiger partial charge in [-0.25, -0.2) is 9.07 Å². The average molecular weight is 391 g/mol. The fourth-order valence-electron chi connectivity index (χ4n) is 2.92. The molecule has 0 atom stereocenters. The summed E-state index contributed by atoms with van der Waals surface area (Å²) < 4.78 is 14.7. The molecule has 1 amide bonds. The van der Waals surface area contributed by atoms with Crippen molar-refractivity contribution in [3.63, 3.8) is 0 Å². The number of rotatable bonds is 6. The molecule has 28 heavy (non-hydrogen) atoms. The molecular weight excluding hydrogens is 373 g/mol. The van der Waals surface area contributed by atoms with Gasteiger partial charge in [-0.2, -0.15) is 5.10 Å². The van der Waals surface area contributed by atoms with Crippen molar-refractivity contribution in [1.82, 2.24) is 15.1 Å². The number of carbonyl (C=O) groups is 1. The summed E-state index contributed by atoms with van der Waals surface area (Å²) in [7, 11) is 0. The van der Waals surface area contributed by atoms with Crippen LogP contribution in [0.15, 0.2) is 78.2 Å². The molecule has 2 aromatic heterocycles. The molecule has 4 aromatic rings. The first-order chi connectivity index (χ1) is 13.7.